The second-order valence-corrected chi connectivity index (χ2v) is 8.28. The first-order chi connectivity index (χ1) is 13.9. The minimum absolute atomic E-state index is 0.0135. The maximum Gasteiger partial charge on any atom is 0.362 e. The molecule has 1 N–H and O–H groups in total. The molecule has 2 unspecified atom stereocenters. The number of nitrogens with one attached hydrogen (secondary N) is 1. The summed E-state index contributed by atoms with van der Waals surface area (Å²) in [6, 6.07) is 15.4. The first-order valence-corrected chi connectivity index (χ1v) is 10.3. The first-order valence-electron chi connectivity index (χ1n) is 10.3. The van der Waals surface area contributed by atoms with Crippen molar-refractivity contribution in [2.75, 3.05) is 25.5 Å². The third kappa shape index (κ3) is 5.24. The summed E-state index contributed by atoms with van der Waals surface area (Å²) in [7, 11) is 2.00. The Morgan fingerprint density at radius 2 is 1.72 bits per heavy atom. The van der Waals surface area contributed by atoms with Gasteiger partial charge in [0.25, 0.3) is 5.91 Å². The Balaban J connectivity index is 1.67. The fraction of sp³-hybridized carbons (Fsp3) is 0.417. The minimum atomic E-state index is -0.261. The molecule has 1 aliphatic rings. The molecule has 29 heavy (non-hydrogen) atoms. The predicted molar refractivity (Wildman–Crippen MR) is 114 cm³/mol. The second kappa shape index (κ2) is 9.23. The van der Waals surface area contributed by atoms with Gasteiger partial charge in [-0.1, -0.05) is 48.5 Å². The minimum Gasteiger partial charge on any atom is -0.457 e. The van der Waals surface area contributed by atoms with Gasteiger partial charge in [-0.15, -0.1) is 0 Å². The van der Waals surface area contributed by atoms with Crippen molar-refractivity contribution >= 4 is 17.6 Å². The van der Waals surface area contributed by atoms with Gasteiger partial charge in [0.2, 0.25) is 0 Å². The zero-order valence-electron chi connectivity index (χ0n) is 17.6. The van der Waals surface area contributed by atoms with E-state index in [0.29, 0.717) is 4.48 Å². The number of rotatable bonds is 6. The third-order valence-corrected chi connectivity index (χ3v) is 5.91. The van der Waals surface area contributed by atoms with E-state index < -0.39 is 0 Å². The highest BCUT2D eigenvalue weighted by Crippen LogP contribution is 2.27. The Morgan fingerprint density at radius 1 is 1.03 bits per heavy atom. The molecule has 0 bridgehead atoms. The molecule has 1 aliphatic heterocycles. The number of amides is 1. The van der Waals surface area contributed by atoms with E-state index in [1.54, 1.807) is 0 Å². The van der Waals surface area contributed by atoms with Crippen molar-refractivity contribution < 1.29 is 18.8 Å². The monoisotopic (exact) mass is 395 g/mol. The number of ether oxygens (including phenoxy) is 1. The highest BCUT2D eigenvalue weighted by Gasteiger charge is 2.42. The van der Waals surface area contributed by atoms with Crippen LogP contribution in [-0.4, -0.2) is 42.5 Å². The number of aryl methyl sites for hydroxylation is 2. The number of hydrogen-bond donors (Lipinski definition) is 1. The quantitative estimate of drug-likeness (QED) is 0.594. The van der Waals surface area contributed by atoms with Crippen molar-refractivity contribution in [2.45, 2.75) is 45.8 Å². The molecule has 0 saturated carbocycles. The number of anilines is 1. The van der Waals surface area contributed by atoms with Crippen LogP contribution in [0, 0.1) is 13.8 Å². The zero-order valence-corrected chi connectivity index (χ0v) is 17.6. The molecule has 2 atom stereocenters. The van der Waals surface area contributed by atoms with Crippen molar-refractivity contribution in [1.29, 1.82) is 0 Å². The third-order valence-electron chi connectivity index (χ3n) is 5.91. The summed E-state index contributed by atoms with van der Waals surface area (Å²) < 4.78 is 5.89. The van der Waals surface area contributed by atoms with Crippen LogP contribution in [0.1, 0.15) is 36.0 Å². The number of hydrogen-bond acceptors (Lipinski definition) is 3. The summed E-state index contributed by atoms with van der Waals surface area (Å²) in [6.07, 6.45) is 2.78. The van der Waals surface area contributed by atoms with Crippen LogP contribution in [-0.2, 0) is 20.9 Å². The SMILES string of the molecule is Cc1cccc(C)c1NC(=O)C1CCCC[N+]1(C)CC(=O)OCc1ccccc1. The van der Waals surface area contributed by atoms with Gasteiger partial charge in [-0.25, -0.2) is 4.79 Å². The summed E-state index contributed by atoms with van der Waals surface area (Å²) in [5, 5.41) is 3.13. The number of para-hydroxylation sites is 1. The van der Waals surface area contributed by atoms with E-state index in [-0.39, 0.29) is 31.1 Å². The van der Waals surface area contributed by atoms with Crippen LogP contribution in [0.4, 0.5) is 5.69 Å². The van der Waals surface area contributed by atoms with Crippen molar-refractivity contribution in [3.05, 3.63) is 65.2 Å². The number of likely N-dealkylation sites (tertiary alicyclic amines) is 1. The van der Waals surface area contributed by atoms with Gasteiger partial charge in [-0.2, -0.15) is 0 Å². The summed E-state index contributed by atoms with van der Waals surface area (Å²) >= 11 is 0. The number of benzene rings is 2. The highest BCUT2D eigenvalue weighted by atomic mass is 16.5. The Kier molecular flexibility index (Phi) is 6.70. The van der Waals surface area contributed by atoms with Gasteiger partial charge in [0.1, 0.15) is 6.61 Å². The Labute approximate surface area is 173 Å². The molecule has 154 valence electrons. The van der Waals surface area contributed by atoms with Gasteiger partial charge in [0, 0.05) is 12.1 Å². The van der Waals surface area contributed by atoms with E-state index in [1.807, 2.05) is 69.4 Å². The molecular weight excluding hydrogens is 364 g/mol. The highest BCUT2D eigenvalue weighted by molar-refractivity contribution is 5.95. The molecule has 2 aromatic carbocycles. The lowest BCUT2D eigenvalue weighted by Crippen LogP contribution is -2.61. The number of nitrogens with zero attached hydrogens (tertiary/aromatic N) is 1. The molecule has 5 heteroatoms. The molecule has 1 heterocycles. The van der Waals surface area contributed by atoms with Gasteiger partial charge >= 0.3 is 5.97 Å². The smallest absolute Gasteiger partial charge is 0.362 e. The van der Waals surface area contributed by atoms with Crippen molar-refractivity contribution in [3.8, 4) is 0 Å². The van der Waals surface area contributed by atoms with E-state index >= 15 is 0 Å². The van der Waals surface area contributed by atoms with Crippen LogP contribution in [0.3, 0.4) is 0 Å². The van der Waals surface area contributed by atoms with Gasteiger partial charge in [0.15, 0.2) is 12.6 Å². The van der Waals surface area contributed by atoms with E-state index in [4.69, 9.17) is 4.74 Å². The average molecular weight is 396 g/mol. The number of likely N-dealkylation sites (N-methyl/N-ethyl adjacent to an activating group) is 1. The van der Waals surface area contributed by atoms with Crippen molar-refractivity contribution in [3.63, 3.8) is 0 Å². The predicted octanol–water partition coefficient (Wildman–Crippen LogP) is 3.98. The van der Waals surface area contributed by atoms with Gasteiger partial charge in [-0.05, 0) is 43.4 Å². The lowest BCUT2D eigenvalue weighted by Gasteiger charge is -2.43. The molecule has 3 rings (SSSR count). The molecular formula is C24H31N2O3+. The number of carbonyl (C=O) groups excluding carboxylic acids is 2. The molecule has 1 fully saturated rings. The first kappa shape index (κ1) is 21.1. The van der Waals surface area contributed by atoms with E-state index in [1.165, 1.54) is 0 Å². The normalized spacial score (nSPS) is 21.4. The Morgan fingerprint density at radius 3 is 2.41 bits per heavy atom. The summed E-state index contributed by atoms with van der Waals surface area (Å²) in [6.45, 7) is 5.26. The number of piperidine rings is 1. The number of carbonyl (C=O) groups is 2. The summed E-state index contributed by atoms with van der Waals surface area (Å²) in [5.41, 5.74) is 3.93. The fourth-order valence-electron chi connectivity index (χ4n) is 4.18. The molecule has 0 radical (unpaired) electrons. The molecule has 0 aliphatic carbocycles. The van der Waals surface area contributed by atoms with Gasteiger partial charge < -0.3 is 14.5 Å². The Hall–Kier alpha value is -2.66. The zero-order chi connectivity index (χ0) is 20.9. The average Bonchev–Trinajstić information content (AvgIpc) is 2.70. The van der Waals surface area contributed by atoms with Gasteiger partial charge in [-0.3, -0.25) is 4.79 Å². The summed E-state index contributed by atoms with van der Waals surface area (Å²) in [5.74, 6) is -0.274. The van der Waals surface area contributed by atoms with E-state index in [2.05, 4.69) is 5.32 Å². The molecule has 0 spiro atoms. The van der Waals surface area contributed by atoms with Crippen molar-refractivity contribution in [1.82, 2.24) is 0 Å². The van der Waals surface area contributed by atoms with Crippen molar-refractivity contribution in [2.24, 2.45) is 0 Å². The second-order valence-electron chi connectivity index (χ2n) is 8.28. The standard InChI is InChI=1S/C24H30N2O3/c1-18-10-9-11-19(2)23(18)25-24(28)21-14-7-8-15-26(21,3)16-22(27)29-17-20-12-5-4-6-13-20/h4-6,9-13,21H,7-8,14-17H2,1-3H3/p+1. The van der Waals surface area contributed by atoms with Crippen LogP contribution < -0.4 is 5.32 Å². The van der Waals surface area contributed by atoms with E-state index in [0.717, 1.165) is 48.2 Å². The molecule has 0 aromatic heterocycles. The fourth-order valence-corrected chi connectivity index (χ4v) is 4.18. The van der Waals surface area contributed by atoms with Crippen LogP contribution in [0.25, 0.3) is 0 Å². The molecule has 2 aromatic rings. The van der Waals surface area contributed by atoms with Crippen LogP contribution in [0.2, 0.25) is 0 Å². The molecule has 1 amide bonds. The molecule has 5 nitrogen and oxygen atoms in total. The topological polar surface area (TPSA) is 55.4 Å². The van der Waals surface area contributed by atoms with Gasteiger partial charge in [0.05, 0.1) is 13.6 Å². The van der Waals surface area contributed by atoms with Crippen LogP contribution >= 0.6 is 0 Å². The van der Waals surface area contributed by atoms with Crippen LogP contribution in [0.5, 0.6) is 0 Å². The maximum absolute atomic E-state index is 13.2. The lowest BCUT2D eigenvalue weighted by atomic mass is 9.97. The maximum atomic E-state index is 13.2. The largest absolute Gasteiger partial charge is 0.457 e. The van der Waals surface area contributed by atoms with Crippen LogP contribution in [0.15, 0.2) is 48.5 Å². The number of quaternary nitrogens is 1. The summed E-state index contributed by atoms with van der Waals surface area (Å²) in [4.78, 5) is 25.7. The molecule has 1 saturated heterocycles. The van der Waals surface area contributed by atoms with E-state index in [9.17, 15) is 9.59 Å². The Bertz CT molecular complexity index is 845. The number of esters is 1. The lowest BCUT2D eigenvalue weighted by molar-refractivity contribution is -0.922.